The van der Waals surface area contributed by atoms with Gasteiger partial charge in [-0.3, -0.25) is 19.5 Å². The van der Waals surface area contributed by atoms with Crippen LogP contribution in [-0.2, 0) is 9.53 Å². The Hall–Kier alpha value is -4.45. The van der Waals surface area contributed by atoms with Crippen LogP contribution in [0, 0.1) is 10.1 Å². The zero-order chi connectivity index (χ0) is 27.1. The average molecular weight is 537 g/mol. The van der Waals surface area contributed by atoms with Gasteiger partial charge < -0.3 is 19.1 Å². The molecule has 0 saturated heterocycles. The van der Waals surface area contributed by atoms with E-state index >= 15 is 0 Å². The molecule has 38 heavy (non-hydrogen) atoms. The number of aromatic nitrogens is 1. The van der Waals surface area contributed by atoms with E-state index < -0.39 is 22.5 Å². The van der Waals surface area contributed by atoms with Crippen molar-refractivity contribution in [3.8, 4) is 11.5 Å². The highest BCUT2D eigenvalue weighted by Crippen LogP contribution is 2.38. The van der Waals surface area contributed by atoms with Crippen LogP contribution in [0.1, 0.15) is 31.0 Å². The standard InChI is InChI=1S/C26H24N4O7S/c1-5-35-25(32)22-14(2)27-26-29(23(22)15-6-8-17(9-7-15)28(3)4)24(31)21(38-26)11-16-10-19-20(37-13-36-19)12-18(16)30(33)34/h6-12,23H,5,13H2,1-4H3/b21-11-/t23-/m1/s1. The fourth-order valence-electron chi connectivity index (χ4n) is 4.42. The number of allylic oxidation sites excluding steroid dienone is 1. The molecule has 2 aliphatic heterocycles. The summed E-state index contributed by atoms with van der Waals surface area (Å²) in [6, 6.07) is 9.50. The first-order valence-corrected chi connectivity index (χ1v) is 12.6. The van der Waals surface area contributed by atoms with Crippen LogP contribution in [0.25, 0.3) is 6.08 Å². The lowest BCUT2D eigenvalue weighted by molar-refractivity contribution is -0.385. The van der Waals surface area contributed by atoms with Gasteiger partial charge in [-0.1, -0.05) is 23.5 Å². The van der Waals surface area contributed by atoms with Crippen molar-refractivity contribution in [2.45, 2.75) is 19.9 Å². The molecule has 3 heterocycles. The number of fused-ring (bicyclic) bond motifs is 2. The number of rotatable bonds is 6. The van der Waals surface area contributed by atoms with Gasteiger partial charge in [0.1, 0.15) is 0 Å². The third-order valence-electron chi connectivity index (χ3n) is 6.25. The summed E-state index contributed by atoms with van der Waals surface area (Å²) < 4.78 is 17.6. The molecule has 0 N–H and O–H groups in total. The molecule has 2 aromatic carbocycles. The van der Waals surface area contributed by atoms with Crippen molar-refractivity contribution in [1.82, 2.24) is 4.57 Å². The fraction of sp³-hybridized carbons (Fsp3) is 0.269. The summed E-state index contributed by atoms with van der Waals surface area (Å²) in [6.07, 6.45) is 1.44. The Kier molecular flexibility index (Phi) is 6.49. The molecule has 196 valence electrons. The van der Waals surface area contributed by atoms with Gasteiger partial charge in [0.25, 0.3) is 11.2 Å². The largest absolute Gasteiger partial charge is 0.463 e. The maximum Gasteiger partial charge on any atom is 0.338 e. The third kappa shape index (κ3) is 4.32. The maximum absolute atomic E-state index is 13.8. The first kappa shape index (κ1) is 25.2. The Bertz CT molecular complexity index is 1670. The summed E-state index contributed by atoms with van der Waals surface area (Å²) in [5, 5.41) is 11.8. The van der Waals surface area contributed by atoms with Crippen LogP contribution < -0.4 is 29.3 Å². The number of anilines is 1. The van der Waals surface area contributed by atoms with E-state index in [-0.39, 0.29) is 40.5 Å². The molecule has 0 saturated carbocycles. The number of nitrogens with zero attached hydrogens (tertiary/aromatic N) is 4. The van der Waals surface area contributed by atoms with Gasteiger partial charge in [-0.2, -0.15) is 0 Å². The molecule has 2 aliphatic rings. The Morgan fingerprint density at radius 3 is 2.58 bits per heavy atom. The van der Waals surface area contributed by atoms with Gasteiger partial charge in [0.2, 0.25) is 6.79 Å². The van der Waals surface area contributed by atoms with Crippen molar-refractivity contribution in [1.29, 1.82) is 0 Å². The first-order valence-electron chi connectivity index (χ1n) is 11.7. The molecule has 0 amide bonds. The van der Waals surface area contributed by atoms with Crippen LogP contribution in [0.5, 0.6) is 11.5 Å². The first-order chi connectivity index (χ1) is 18.2. The second-order valence-corrected chi connectivity index (χ2v) is 9.82. The van der Waals surface area contributed by atoms with Gasteiger partial charge in [-0.05, 0) is 43.7 Å². The van der Waals surface area contributed by atoms with E-state index in [9.17, 15) is 19.7 Å². The smallest absolute Gasteiger partial charge is 0.338 e. The van der Waals surface area contributed by atoms with Crippen LogP contribution in [0.3, 0.4) is 0 Å². The number of thiazole rings is 1. The molecule has 1 aromatic heterocycles. The van der Waals surface area contributed by atoms with Gasteiger partial charge in [-0.15, -0.1) is 0 Å². The van der Waals surface area contributed by atoms with Crippen molar-refractivity contribution in [2.24, 2.45) is 4.99 Å². The van der Waals surface area contributed by atoms with Crippen LogP contribution in [0.4, 0.5) is 11.4 Å². The second-order valence-electron chi connectivity index (χ2n) is 8.81. The minimum Gasteiger partial charge on any atom is -0.463 e. The fourth-order valence-corrected chi connectivity index (χ4v) is 5.46. The predicted molar refractivity (Wildman–Crippen MR) is 140 cm³/mol. The second kappa shape index (κ2) is 9.78. The molecule has 0 radical (unpaired) electrons. The summed E-state index contributed by atoms with van der Waals surface area (Å²) in [6.45, 7) is 3.54. The summed E-state index contributed by atoms with van der Waals surface area (Å²) in [4.78, 5) is 44.9. The predicted octanol–water partition coefficient (Wildman–Crippen LogP) is 2.50. The molecular formula is C26H24N4O7S. The molecule has 0 spiro atoms. The van der Waals surface area contributed by atoms with Crippen molar-refractivity contribution in [3.05, 3.63) is 88.6 Å². The Labute approximate surface area is 220 Å². The van der Waals surface area contributed by atoms with Crippen LogP contribution in [0.2, 0.25) is 0 Å². The average Bonchev–Trinajstić information content (AvgIpc) is 3.46. The number of ether oxygens (including phenoxy) is 3. The van der Waals surface area contributed by atoms with Gasteiger partial charge in [0, 0.05) is 19.8 Å². The topological polar surface area (TPSA) is 126 Å². The van der Waals surface area contributed by atoms with Crippen molar-refractivity contribution in [3.63, 3.8) is 0 Å². The van der Waals surface area contributed by atoms with Gasteiger partial charge in [-0.25, -0.2) is 9.79 Å². The summed E-state index contributed by atoms with van der Waals surface area (Å²) in [5.41, 5.74) is 1.89. The van der Waals surface area contributed by atoms with E-state index in [4.69, 9.17) is 14.2 Å². The number of hydrogen-bond donors (Lipinski definition) is 0. The van der Waals surface area contributed by atoms with Crippen molar-refractivity contribution < 1.29 is 23.9 Å². The summed E-state index contributed by atoms with van der Waals surface area (Å²) in [7, 11) is 3.84. The lowest BCUT2D eigenvalue weighted by Crippen LogP contribution is -2.40. The lowest BCUT2D eigenvalue weighted by Gasteiger charge is -2.25. The molecular weight excluding hydrogens is 512 g/mol. The number of carbonyl (C=O) groups excluding carboxylic acids is 1. The van der Waals surface area contributed by atoms with Gasteiger partial charge in [0.15, 0.2) is 16.3 Å². The SMILES string of the molecule is CCOC(=O)C1=C(C)N=c2s/c(=C\c3cc4c(cc3[N+](=O)[O-])OCO4)c(=O)n2[C@@H]1c1ccc(N(C)C)cc1. The van der Waals surface area contributed by atoms with E-state index in [0.29, 0.717) is 21.8 Å². The van der Waals surface area contributed by atoms with E-state index in [2.05, 4.69) is 4.99 Å². The molecule has 1 atom stereocenters. The minimum atomic E-state index is -0.782. The van der Waals surface area contributed by atoms with E-state index in [1.54, 1.807) is 13.8 Å². The number of esters is 1. The summed E-state index contributed by atoms with van der Waals surface area (Å²) in [5.74, 6) is 0.0660. The monoisotopic (exact) mass is 536 g/mol. The number of nitro benzene ring substituents is 1. The maximum atomic E-state index is 13.8. The van der Waals surface area contributed by atoms with E-state index in [1.807, 2.05) is 43.3 Å². The molecule has 3 aromatic rings. The molecule has 11 nitrogen and oxygen atoms in total. The highest BCUT2D eigenvalue weighted by molar-refractivity contribution is 7.07. The molecule has 0 unspecified atom stereocenters. The van der Waals surface area contributed by atoms with Crippen LogP contribution >= 0.6 is 11.3 Å². The highest BCUT2D eigenvalue weighted by Gasteiger charge is 2.33. The van der Waals surface area contributed by atoms with E-state index in [0.717, 1.165) is 17.0 Å². The lowest BCUT2D eigenvalue weighted by atomic mass is 9.95. The number of hydrogen-bond acceptors (Lipinski definition) is 10. The Balaban J connectivity index is 1.72. The summed E-state index contributed by atoms with van der Waals surface area (Å²) >= 11 is 1.09. The van der Waals surface area contributed by atoms with Gasteiger partial charge >= 0.3 is 5.97 Å². The van der Waals surface area contributed by atoms with Crippen LogP contribution in [-0.4, -0.2) is 43.0 Å². The molecule has 12 heteroatoms. The van der Waals surface area contributed by atoms with Crippen molar-refractivity contribution in [2.75, 3.05) is 32.4 Å². The number of carbonyl (C=O) groups is 1. The Morgan fingerprint density at radius 2 is 1.95 bits per heavy atom. The third-order valence-corrected chi connectivity index (χ3v) is 7.23. The van der Waals surface area contributed by atoms with E-state index in [1.165, 1.54) is 22.8 Å². The Morgan fingerprint density at radius 1 is 1.26 bits per heavy atom. The molecule has 0 bridgehead atoms. The molecule has 5 rings (SSSR count). The molecule has 0 aliphatic carbocycles. The zero-order valence-electron chi connectivity index (χ0n) is 21.1. The number of benzene rings is 2. The minimum absolute atomic E-state index is 0.0410. The normalized spacial score (nSPS) is 16.2. The van der Waals surface area contributed by atoms with Gasteiger partial charge in [0.05, 0.1) is 45.0 Å². The highest BCUT2D eigenvalue weighted by atomic mass is 32.1. The zero-order valence-corrected chi connectivity index (χ0v) is 21.9. The van der Waals surface area contributed by atoms with Crippen molar-refractivity contribution >= 4 is 34.8 Å². The quantitative estimate of drug-likeness (QED) is 0.267. The molecule has 0 fully saturated rings. The number of nitro groups is 1. The van der Waals surface area contributed by atoms with Crippen LogP contribution in [0.15, 0.2) is 57.5 Å².